The van der Waals surface area contributed by atoms with Gasteiger partial charge >= 0.3 is 5.97 Å². The van der Waals surface area contributed by atoms with Crippen molar-refractivity contribution in [1.29, 1.82) is 0 Å². The van der Waals surface area contributed by atoms with Crippen molar-refractivity contribution in [3.05, 3.63) is 79.9 Å². The lowest BCUT2D eigenvalue weighted by Gasteiger charge is -2.12. The molecule has 6 rings (SSSR count). The van der Waals surface area contributed by atoms with Crippen LogP contribution in [0.4, 0.5) is 5.00 Å². The molecular formula is C28H23ClN4O4S2. The number of ether oxygens (including phenoxy) is 1. The van der Waals surface area contributed by atoms with Gasteiger partial charge in [-0.3, -0.25) is 14.2 Å². The number of anilines is 1. The average Bonchev–Trinajstić information content (AvgIpc) is 3.61. The van der Waals surface area contributed by atoms with Gasteiger partial charge in [-0.25, -0.2) is 9.78 Å². The standard InChI is InChI=1S/C28H23ClN4O4S2/c1-2-37-27(36)22-18-7-5-9-20(18)39-25(22)31-21(34)14-38-28-32-23-17-6-3-4-8-19(17)30-24(23)26(35)33(28)16-12-10-15(29)11-13-16/h3-4,6,8,10-13,30H,2,5,7,9,14H2,1H3,(H,31,34). The Balaban J connectivity index is 1.34. The van der Waals surface area contributed by atoms with Crippen LogP contribution in [0.15, 0.2) is 58.5 Å². The maximum atomic E-state index is 13.7. The van der Waals surface area contributed by atoms with Crippen LogP contribution in [0.3, 0.4) is 0 Å². The third-order valence-electron chi connectivity index (χ3n) is 6.57. The van der Waals surface area contributed by atoms with Crippen molar-refractivity contribution in [1.82, 2.24) is 14.5 Å². The van der Waals surface area contributed by atoms with E-state index < -0.39 is 5.97 Å². The minimum atomic E-state index is -0.414. The molecule has 8 nitrogen and oxygen atoms in total. The Bertz CT molecular complexity index is 1810. The highest BCUT2D eigenvalue weighted by molar-refractivity contribution is 7.99. The van der Waals surface area contributed by atoms with Gasteiger partial charge in [-0.1, -0.05) is 41.6 Å². The molecule has 5 aromatic rings. The van der Waals surface area contributed by atoms with Crippen molar-refractivity contribution in [2.75, 3.05) is 17.7 Å². The number of esters is 1. The number of carbonyl (C=O) groups excluding carboxylic acids is 2. The van der Waals surface area contributed by atoms with Gasteiger partial charge in [-0.15, -0.1) is 11.3 Å². The summed E-state index contributed by atoms with van der Waals surface area (Å²) in [7, 11) is 0. The van der Waals surface area contributed by atoms with Crippen LogP contribution in [0.1, 0.15) is 34.1 Å². The first-order valence-electron chi connectivity index (χ1n) is 12.5. The van der Waals surface area contributed by atoms with Crippen LogP contribution >= 0.6 is 34.7 Å². The third-order valence-corrected chi connectivity index (χ3v) is 8.96. The van der Waals surface area contributed by atoms with E-state index in [-0.39, 0.29) is 23.8 Å². The van der Waals surface area contributed by atoms with Crippen molar-refractivity contribution in [2.24, 2.45) is 0 Å². The molecule has 0 saturated carbocycles. The Hall–Kier alpha value is -3.60. The van der Waals surface area contributed by atoms with Gasteiger partial charge in [-0.05, 0) is 62.1 Å². The lowest BCUT2D eigenvalue weighted by atomic mass is 10.1. The molecule has 0 unspecified atom stereocenters. The lowest BCUT2D eigenvalue weighted by Crippen LogP contribution is -2.23. The van der Waals surface area contributed by atoms with Crippen molar-refractivity contribution in [3.8, 4) is 5.69 Å². The number of hydrogen-bond donors (Lipinski definition) is 2. The summed E-state index contributed by atoms with van der Waals surface area (Å²) in [6, 6.07) is 14.5. The molecule has 0 spiro atoms. The Kier molecular flexibility index (Phi) is 6.92. The number of fused-ring (bicyclic) bond motifs is 4. The minimum absolute atomic E-state index is 0.0152. The number of para-hydroxylation sites is 1. The minimum Gasteiger partial charge on any atom is -0.462 e. The Morgan fingerprint density at radius 2 is 1.97 bits per heavy atom. The van der Waals surface area contributed by atoms with Crippen LogP contribution in [0.5, 0.6) is 0 Å². The zero-order valence-corrected chi connectivity index (χ0v) is 23.3. The molecule has 11 heteroatoms. The predicted molar refractivity (Wildman–Crippen MR) is 156 cm³/mol. The maximum absolute atomic E-state index is 13.7. The van der Waals surface area contributed by atoms with Gasteiger partial charge in [0.15, 0.2) is 5.16 Å². The fourth-order valence-electron chi connectivity index (χ4n) is 4.86. The first-order valence-corrected chi connectivity index (χ1v) is 14.7. The zero-order valence-electron chi connectivity index (χ0n) is 20.9. The number of thiophene rings is 1. The summed E-state index contributed by atoms with van der Waals surface area (Å²) in [6.07, 6.45) is 2.67. The van der Waals surface area contributed by atoms with E-state index in [4.69, 9.17) is 21.3 Å². The number of nitrogens with one attached hydrogen (secondary N) is 2. The summed E-state index contributed by atoms with van der Waals surface area (Å²) >= 11 is 8.67. The van der Waals surface area contributed by atoms with Crippen molar-refractivity contribution in [2.45, 2.75) is 31.3 Å². The fourth-order valence-corrected chi connectivity index (χ4v) is 7.09. The topological polar surface area (TPSA) is 106 Å². The van der Waals surface area contributed by atoms with Crippen molar-refractivity contribution >= 4 is 73.5 Å². The number of carbonyl (C=O) groups is 2. The van der Waals surface area contributed by atoms with Gasteiger partial charge in [-0.2, -0.15) is 0 Å². The molecule has 0 aliphatic heterocycles. The van der Waals surface area contributed by atoms with E-state index in [0.29, 0.717) is 37.5 Å². The smallest absolute Gasteiger partial charge is 0.341 e. The molecule has 0 radical (unpaired) electrons. The molecule has 0 atom stereocenters. The van der Waals surface area contributed by atoms with Crippen LogP contribution in [-0.4, -0.2) is 38.8 Å². The molecule has 1 aliphatic carbocycles. The SMILES string of the molecule is CCOC(=O)c1c(NC(=O)CSc2nc3c([nH]c4ccccc43)c(=O)n2-c2ccc(Cl)cc2)sc2c1CCC2. The number of rotatable bonds is 7. The van der Waals surface area contributed by atoms with Gasteiger partial charge < -0.3 is 15.0 Å². The van der Waals surface area contributed by atoms with Crippen LogP contribution in [0, 0.1) is 0 Å². The largest absolute Gasteiger partial charge is 0.462 e. The molecule has 2 aromatic carbocycles. The number of nitrogens with zero attached hydrogens (tertiary/aromatic N) is 2. The molecule has 0 fully saturated rings. The predicted octanol–water partition coefficient (Wildman–Crippen LogP) is 5.98. The molecule has 1 amide bonds. The first-order chi connectivity index (χ1) is 18.9. The molecule has 198 valence electrons. The second-order valence-electron chi connectivity index (χ2n) is 9.02. The number of aromatic nitrogens is 3. The number of aryl methyl sites for hydroxylation is 1. The van der Waals surface area contributed by atoms with E-state index in [1.165, 1.54) is 15.9 Å². The van der Waals surface area contributed by atoms with Crippen LogP contribution in [0.2, 0.25) is 5.02 Å². The summed E-state index contributed by atoms with van der Waals surface area (Å²) in [6.45, 7) is 2.02. The first kappa shape index (κ1) is 25.7. The van der Waals surface area contributed by atoms with Gasteiger partial charge in [0, 0.05) is 20.8 Å². The summed E-state index contributed by atoms with van der Waals surface area (Å²) in [5.41, 5.74) is 3.47. The maximum Gasteiger partial charge on any atom is 0.341 e. The molecule has 0 saturated heterocycles. The molecule has 2 N–H and O–H groups in total. The number of benzene rings is 2. The average molecular weight is 579 g/mol. The van der Waals surface area contributed by atoms with Crippen LogP contribution in [-0.2, 0) is 22.4 Å². The van der Waals surface area contributed by atoms with Gasteiger partial charge in [0.2, 0.25) is 5.91 Å². The normalized spacial score (nSPS) is 12.7. The number of thioether (sulfide) groups is 1. The molecular weight excluding hydrogens is 556 g/mol. The van der Waals surface area contributed by atoms with E-state index in [2.05, 4.69) is 10.3 Å². The Morgan fingerprint density at radius 3 is 2.77 bits per heavy atom. The summed E-state index contributed by atoms with van der Waals surface area (Å²) in [4.78, 5) is 48.6. The number of aromatic amines is 1. The number of hydrogen-bond acceptors (Lipinski definition) is 7. The fraction of sp³-hybridized carbons (Fsp3) is 0.214. The highest BCUT2D eigenvalue weighted by Gasteiger charge is 2.28. The van der Waals surface area contributed by atoms with E-state index in [9.17, 15) is 14.4 Å². The summed E-state index contributed by atoms with van der Waals surface area (Å²) in [5, 5.41) is 5.16. The highest BCUT2D eigenvalue weighted by atomic mass is 35.5. The lowest BCUT2D eigenvalue weighted by molar-refractivity contribution is -0.113. The van der Waals surface area contributed by atoms with E-state index >= 15 is 0 Å². The van der Waals surface area contributed by atoms with Crippen LogP contribution in [0.25, 0.3) is 27.6 Å². The number of halogens is 1. The third kappa shape index (κ3) is 4.73. The second-order valence-corrected chi connectivity index (χ2v) is 11.5. The monoisotopic (exact) mass is 578 g/mol. The van der Waals surface area contributed by atoms with Gasteiger partial charge in [0.05, 0.1) is 23.6 Å². The number of amides is 1. The second kappa shape index (κ2) is 10.5. The zero-order chi connectivity index (χ0) is 27.1. The van der Waals surface area contributed by atoms with Crippen LogP contribution < -0.4 is 10.9 Å². The number of H-pyrrole nitrogens is 1. The quantitative estimate of drug-likeness (QED) is 0.140. The van der Waals surface area contributed by atoms with E-state index in [1.807, 2.05) is 24.3 Å². The van der Waals surface area contributed by atoms with Gasteiger partial charge in [0.1, 0.15) is 16.0 Å². The van der Waals surface area contributed by atoms with Crippen molar-refractivity contribution in [3.63, 3.8) is 0 Å². The Morgan fingerprint density at radius 1 is 1.18 bits per heavy atom. The van der Waals surface area contributed by atoms with Crippen molar-refractivity contribution < 1.29 is 14.3 Å². The Labute approximate surface area is 236 Å². The van der Waals surface area contributed by atoms with Gasteiger partial charge in [0.25, 0.3) is 5.56 Å². The molecule has 3 heterocycles. The summed E-state index contributed by atoms with van der Waals surface area (Å²) in [5.74, 6) is -0.733. The van der Waals surface area contributed by atoms with E-state index in [0.717, 1.165) is 52.4 Å². The van der Waals surface area contributed by atoms with E-state index in [1.54, 1.807) is 31.2 Å². The molecule has 0 bridgehead atoms. The molecule has 3 aromatic heterocycles. The molecule has 39 heavy (non-hydrogen) atoms. The molecule has 1 aliphatic rings. The summed E-state index contributed by atoms with van der Waals surface area (Å²) < 4.78 is 6.75. The highest BCUT2D eigenvalue weighted by Crippen LogP contribution is 2.39.